The van der Waals surface area contributed by atoms with Crippen LogP contribution in [0.25, 0.3) is 0 Å². The summed E-state index contributed by atoms with van der Waals surface area (Å²) in [6.07, 6.45) is 6.91. The van der Waals surface area contributed by atoms with Crippen LogP contribution in [-0.4, -0.2) is 34.5 Å². The Hall–Kier alpha value is -1.06. The number of carbonyl (C=O) groups is 2. The summed E-state index contributed by atoms with van der Waals surface area (Å²) in [4.78, 5) is 25.4. The monoisotopic (exact) mass is 253 g/mol. The third-order valence-corrected chi connectivity index (χ3v) is 4.44. The van der Waals surface area contributed by atoms with Gasteiger partial charge in [0, 0.05) is 12.6 Å². The van der Waals surface area contributed by atoms with E-state index >= 15 is 0 Å². The van der Waals surface area contributed by atoms with Crippen molar-refractivity contribution in [3.8, 4) is 0 Å². The molecule has 1 heterocycles. The predicted molar refractivity (Wildman–Crippen MR) is 68.1 cm³/mol. The van der Waals surface area contributed by atoms with Gasteiger partial charge in [0.05, 0.1) is 11.8 Å². The van der Waals surface area contributed by atoms with Crippen LogP contribution in [0.4, 0.5) is 0 Å². The number of aliphatic carboxylic acids is 1. The molecular weight excluding hydrogens is 230 g/mol. The van der Waals surface area contributed by atoms with Gasteiger partial charge in [-0.25, -0.2) is 0 Å². The minimum atomic E-state index is -0.802. The van der Waals surface area contributed by atoms with Gasteiger partial charge in [-0.2, -0.15) is 0 Å². The maximum Gasteiger partial charge on any atom is 0.307 e. The van der Waals surface area contributed by atoms with Gasteiger partial charge in [0.2, 0.25) is 5.91 Å². The number of likely N-dealkylation sites (tertiary alicyclic amines) is 1. The molecule has 4 nitrogen and oxygen atoms in total. The van der Waals surface area contributed by atoms with Gasteiger partial charge in [-0.1, -0.05) is 13.3 Å². The van der Waals surface area contributed by atoms with Crippen LogP contribution in [0.3, 0.4) is 0 Å². The molecule has 3 atom stereocenters. The molecule has 1 saturated heterocycles. The van der Waals surface area contributed by atoms with Crippen LogP contribution in [-0.2, 0) is 9.59 Å². The molecule has 0 bridgehead atoms. The molecule has 102 valence electrons. The van der Waals surface area contributed by atoms with Gasteiger partial charge in [-0.3, -0.25) is 9.59 Å². The van der Waals surface area contributed by atoms with Gasteiger partial charge in [-0.15, -0.1) is 0 Å². The number of amides is 1. The van der Waals surface area contributed by atoms with Crippen LogP contribution in [0.1, 0.15) is 51.9 Å². The normalized spacial score (nSPS) is 31.8. The Morgan fingerprint density at radius 1 is 1.17 bits per heavy atom. The molecule has 4 heteroatoms. The molecule has 1 saturated carbocycles. The number of piperidine rings is 1. The largest absolute Gasteiger partial charge is 0.481 e. The highest BCUT2D eigenvalue weighted by Crippen LogP contribution is 2.37. The second kappa shape index (κ2) is 5.72. The zero-order valence-electron chi connectivity index (χ0n) is 11.1. The minimum Gasteiger partial charge on any atom is -0.481 e. The zero-order chi connectivity index (χ0) is 13.1. The summed E-state index contributed by atoms with van der Waals surface area (Å²) in [5.74, 6) is -1.38. The van der Waals surface area contributed by atoms with Crippen molar-refractivity contribution in [2.75, 3.05) is 6.54 Å². The van der Waals surface area contributed by atoms with Gasteiger partial charge < -0.3 is 10.0 Å². The molecule has 1 aliphatic carbocycles. The fraction of sp³-hybridized carbons (Fsp3) is 0.857. The topological polar surface area (TPSA) is 57.6 Å². The molecule has 0 aromatic rings. The number of rotatable bonds is 4. The van der Waals surface area contributed by atoms with E-state index in [9.17, 15) is 9.59 Å². The van der Waals surface area contributed by atoms with Crippen molar-refractivity contribution in [1.82, 2.24) is 4.90 Å². The molecule has 3 unspecified atom stereocenters. The minimum absolute atomic E-state index is 0.104. The van der Waals surface area contributed by atoms with Crippen molar-refractivity contribution in [3.63, 3.8) is 0 Å². The van der Waals surface area contributed by atoms with E-state index in [4.69, 9.17) is 5.11 Å². The van der Waals surface area contributed by atoms with Gasteiger partial charge in [0.15, 0.2) is 0 Å². The third kappa shape index (κ3) is 2.52. The van der Waals surface area contributed by atoms with E-state index in [1.165, 1.54) is 6.42 Å². The Morgan fingerprint density at radius 2 is 1.89 bits per heavy atom. The smallest absolute Gasteiger partial charge is 0.307 e. The highest BCUT2D eigenvalue weighted by atomic mass is 16.4. The lowest BCUT2D eigenvalue weighted by Crippen LogP contribution is -2.51. The Bertz CT molecular complexity index is 327. The molecule has 0 aromatic heterocycles. The van der Waals surface area contributed by atoms with Gasteiger partial charge in [0.1, 0.15) is 0 Å². The summed E-state index contributed by atoms with van der Waals surface area (Å²) in [5, 5.41) is 9.05. The van der Waals surface area contributed by atoms with E-state index in [1.54, 1.807) is 0 Å². The number of carboxylic acids is 1. The lowest BCUT2D eigenvalue weighted by atomic mass is 9.72. The predicted octanol–water partition coefficient (Wildman–Crippen LogP) is 2.28. The number of carboxylic acid groups (broad SMARTS) is 1. The van der Waals surface area contributed by atoms with Crippen LogP contribution < -0.4 is 0 Å². The van der Waals surface area contributed by atoms with E-state index < -0.39 is 11.9 Å². The summed E-state index contributed by atoms with van der Waals surface area (Å²) in [5.41, 5.74) is 0. The van der Waals surface area contributed by atoms with Crippen LogP contribution >= 0.6 is 0 Å². The van der Waals surface area contributed by atoms with Crippen molar-refractivity contribution in [3.05, 3.63) is 0 Å². The molecule has 0 spiro atoms. The first kappa shape index (κ1) is 13.4. The number of hydrogen-bond donors (Lipinski definition) is 1. The Labute approximate surface area is 108 Å². The summed E-state index contributed by atoms with van der Waals surface area (Å²) < 4.78 is 0. The Balaban J connectivity index is 2.00. The summed E-state index contributed by atoms with van der Waals surface area (Å²) in [6, 6.07) is 0.353. The Kier molecular flexibility index (Phi) is 4.25. The van der Waals surface area contributed by atoms with Crippen molar-refractivity contribution in [2.24, 2.45) is 11.8 Å². The lowest BCUT2D eigenvalue weighted by molar-refractivity contribution is -0.158. The first-order valence-corrected chi connectivity index (χ1v) is 7.18. The van der Waals surface area contributed by atoms with E-state index in [0.717, 1.165) is 38.6 Å². The summed E-state index contributed by atoms with van der Waals surface area (Å²) in [6.45, 7) is 2.97. The summed E-state index contributed by atoms with van der Waals surface area (Å²) in [7, 11) is 0. The Morgan fingerprint density at radius 3 is 2.44 bits per heavy atom. The van der Waals surface area contributed by atoms with Gasteiger partial charge in [-0.05, 0) is 38.5 Å². The molecule has 0 radical (unpaired) electrons. The standard InChI is InChI=1S/C14H23NO3/c1-2-5-10-6-3-4-9-15(10)13(16)11-7-8-12(11)14(17)18/h10-12H,2-9H2,1H3,(H,17,18). The number of hydrogen-bond acceptors (Lipinski definition) is 2. The molecule has 1 amide bonds. The first-order valence-electron chi connectivity index (χ1n) is 7.18. The molecule has 0 aromatic carbocycles. The molecule has 1 aliphatic heterocycles. The van der Waals surface area contributed by atoms with E-state index in [0.29, 0.717) is 12.5 Å². The van der Waals surface area contributed by atoms with E-state index in [1.807, 2.05) is 4.90 Å². The quantitative estimate of drug-likeness (QED) is 0.836. The number of carbonyl (C=O) groups excluding carboxylic acids is 1. The van der Waals surface area contributed by atoms with Crippen molar-refractivity contribution in [1.29, 1.82) is 0 Å². The highest BCUT2D eigenvalue weighted by molar-refractivity contribution is 5.86. The second-order valence-corrected chi connectivity index (χ2v) is 5.60. The van der Waals surface area contributed by atoms with Crippen LogP contribution in [0.2, 0.25) is 0 Å². The van der Waals surface area contributed by atoms with Crippen molar-refractivity contribution in [2.45, 2.75) is 57.9 Å². The third-order valence-electron chi connectivity index (χ3n) is 4.44. The SMILES string of the molecule is CCCC1CCCCN1C(=O)C1CCC1C(=O)O. The molecule has 1 N–H and O–H groups in total. The fourth-order valence-corrected chi connectivity index (χ4v) is 3.23. The van der Waals surface area contributed by atoms with Crippen LogP contribution in [0.15, 0.2) is 0 Å². The van der Waals surface area contributed by atoms with Crippen LogP contribution in [0, 0.1) is 11.8 Å². The maximum atomic E-state index is 12.4. The highest BCUT2D eigenvalue weighted by Gasteiger charge is 2.44. The molecule has 18 heavy (non-hydrogen) atoms. The van der Waals surface area contributed by atoms with Gasteiger partial charge in [0.25, 0.3) is 0 Å². The number of nitrogens with zero attached hydrogens (tertiary/aromatic N) is 1. The van der Waals surface area contributed by atoms with Crippen LogP contribution in [0.5, 0.6) is 0 Å². The summed E-state index contributed by atoms with van der Waals surface area (Å²) >= 11 is 0. The van der Waals surface area contributed by atoms with Crippen molar-refractivity contribution >= 4 is 11.9 Å². The average molecular weight is 253 g/mol. The first-order chi connectivity index (χ1) is 8.65. The molecule has 2 rings (SSSR count). The van der Waals surface area contributed by atoms with E-state index in [-0.39, 0.29) is 11.8 Å². The lowest BCUT2D eigenvalue weighted by Gasteiger charge is -2.42. The second-order valence-electron chi connectivity index (χ2n) is 5.60. The molecular formula is C14H23NO3. The fourth-order valence-electron chi connectivity index (χ4n) is 3.23. The zero-order valence-corrected chi connectivity index (χ0v) is 11.1. The van der Waals surface area contributed by atoms with Crippen molar-refractivity contribution < 1.29 is 14.7 Å². The maximum absolute atomic E-state index is 12.4. The average Bonchev–Trinajstić information content (AvgIpc) is 2.27. The van der Waals surface area contributed by atoms with E-state index in [2.05, 4.69) is 6.92 Å². The molecule has 2 aliphatic rings. The van der Waals surface area contributed by atoms with Gasteiger partial charge >= 0.3 is 5.97 Å². The molecule has 2 fully saturated rings.